The SMILES string of the molecule is c1ccc(-c2cc(-n3c4cc5c(cc4c4c6ccccc6ccc43)C3(c4ccccc4S5)c4ccccc4-c4ccccc43)nc(-c3ccccc3)n2)cc1. The monoisotopic (exact) mass is 717 g/mol. The maximum absolute atomic E-state index is 5.38. The first-order valence-corrected chi connectivity index (χ1v) is 19.6. The van der Waals surface area contributed by atoms with Gasteiger partial charge in [-0.15, -0.1) is 0 Å². The van der Waals surface area contributed by atoms with Gasteiger partial charge in [0.25, 0.3) is 0 Å². The highest BCUT2D eigenvalue weighted by Gasteiger charge is 2.50. The smallest absolute Gasteiger partial charge is 0.162 e. The third kappa shape index (κ3) is 4.29. The van der Waals surface area contributed by atoms with E-state index in [-0.39, 0.29) is 0 Å². The minimum absolute atomic E-state index is 0.465. The molecule has 3 heterocycles. The number of benzene rings is 8. The maximum Gasteiger partial charge on any atom is 0.162 e. The fourth-order valence-corrected chi connectivity index (χ4v) is 10.6. The molecule has 55 heavy (non-hydrogen) atoms. The van der Waals surface area contributed by atoms with E-state index in [0.29, 0.717) is 5.82 Å². The van der Waals surface area contributed by atoms with E-state index in [0.717, 1.165) is 33.7 Å². The lowest BCUT2D eigenvalue weighted by Gasteiger charge is -2.39. The minimum atomic E-state index is -0.465. The van der Waals surface area contributed by atoms with Crippen molar-refractivity contribution < 1.29 is 0 Å². The van der Waals surface area contributed by atoms with Gasteiger partial charge in [-0.3, -0.25) is 4.57 Å². The molecule has 12 rings (SSSR count). The fourth-order valence-electron chi connectivity index (χ4n) is 9.40. The summed E-state index contributed by atoms with van der Waals surface area (Å²) in [6, 6.07) is 68.3. The van der Waals surface area contributed by atoms with E-state index in [1.807, 2.05) is 17.8 Å². The standard InChI is InChI=1S/C51H31N3S/c1-3-16-33(17-4-1)43-30-48(53-50(52-43)34-18-5-2-6-19-34)54-44-28-27-32-15-7-8-20-35(32)49(44)38-29-42-47(31-45(38)54)55-46-26-14-13-25-41(46)51(42)39-23-11-9-21-36(39)37-22-10-12-24-40(37)51/h1-31H. The van der Waals surface area contributed by atoms with Crippen LogP contribution in [0.2, 0.25) is 0 Å². The summed E-state index contributed by atoms with van der Waals surface area (Å²) in [4.78, 5) is 13.1. The Bertz CT molecular complexity index is 3080. The van der Waals surface area contributed by atoms with Crippen molar-refractivity contribution in [1.82, 2.24) is 14.5 Å². The van der Waals surface area contributed by atoms with Crippen LogP contribution in [0.1, 0.15) is 22.3 Å². The summed E-state index contributed by atoms with van der Waals surface area (Å²) in [5, 5.41) is 4.90. The molecule has 256 valence electrons. The van der Waals surface area contributed by atoms with Gasteiger partial charge in [0.15, 0.2) is 5.82 Å². The molecule has 10 aromatic rings. The Kier molecular flexibility index (Phi) is 6.48. The van der Waals surface area contributed by atoms with E-state index >= 15 is 0 Å². The summed E-state index contributed by atoms with van der Waals surface area (Å²) in [7, 11) is 0. The number of hydrogen-bond acceptors (Lipinski definition) is 3. The second-order valence-electron chi connectivity index (χ2n) is 14.5. The third-order valence-electron chi connectivity index (χ3n) is 11.7. The van der Waals surface area contributed by atoms with E-state index in [9.17, 15) is 0 Å². The van der Waals surface area contributed by atoms with Crippen LogP contribution >= 0.6 is 11.8 Å². The number of hydrogen-bond donors (Lipinski definition) is 0. The van der Waals surface area contributed by atoms with Crippen LogP contribution in [0.15, 0.2) is 198 Å². The van der Waals surface area contributed by atoms with Gasteiger partial charge in [0.2, 0.25) is 0 Å². The van der Waals surface area contributed by atoms with Gasteiger partial charge in [-0.05, 0) is 68.4 Å². The molecule has 3 nitrogen and oxygen atoms in total. The highest BCUT2D eigenvalue weighted by atomic mass is 32.2. The van der Waals surface area contributed by atoms with Crippen molar-refractivity contribution in [2.75, 3.05) is 0 Å². The number of nitrogens with zero attached hydrogens (tertiary/aromatic N) is 3. The Morgan fingerprint density at radius 1 is 0.436 bits per heavy atom. The average Bonchev–Trinajstić information content (AvgIpc) is 3.74. The van der Waals surface area contributed by atoms with Crippen molar-refractivity contribution in [1.29, 1.82) is 0 Å². The van der Waals surface area contributed by atoms with Gasteiger partial charge in [-0.25, -0.2) is 9.97 Å². The van der Waals surface area contributed by atoms with E-state index in [4.69, 9.17) is 9.97 Å². The van der Waals surface area contributed by atoms with Gasteiger partial charge in [0.1, 0.15) is 5.82 Å². The van der Waals surface area contributed by atoms with Gasteiger partial charge in [0.05, 0.1) is 22.1 Å². The number of rotatable bonds is 3. The Labute approximate surface area is 322 Å². The van der Waals surface area contributed by atoms with E-state index in [1.165, 1.54) is 64.7 Å². The Morgan fingerprint density at radius 3 is 1.84 bits per heavy atom. The fraction of sp³-hybridized carbons (Fsp3) is 0.0196. The van der Waals surface area contributed by atoms with Crippen molar-refractivity contribution in [2.24, 2.45) is 0 Å². The molecule has 0 radical (unpaired) electrons. The molecule has 0 bridgehead atoms. The predicted octanol–water partition coefficient (Wildman–Crippen LogP) is 12.9. The molecule has 2 aliphatic rings. The first-order valence-electron chi connectivity index (χ1n) is 18.7. The molecule has 0 saturated heterocycles. The van der Waals surface area contributed by atoms with Crippen LogP contribution in [0.25, 0.3) is 72.2 Å². The Hall–Kier alpha value is -6.75. The zero-order valence-corrected chi connectivity index (χ0v) is 30.5. The molecule has 0 atom stereocenters. The van der Waals surface area contributed by atoms with Gasteiger partial charge in [-0.1, -0.05) is 169 Å². The van der Waals surface area contributed by atoms with Crippen LogP contribution in [0.5, 0.6) is 0 Å². The van der Waals surface area contributed by atoms with Crippen LogP contribution in [-0.4, -0.2) is 14.5 Å². The van der Waals surface area contributed by atoms with Crippen molar-refractivity contribution in [3.63, 3.8) is 0 Å². The zero-order chi connectivity index (χ0) is 36.1. The highest BCUT2D eigenvalue weighted by molar-refractivity contribution is 7.99. The molecule has 0 saturated carbocycles. The largest absolute Gasteiger partial charge is 0.294 e. The molecule has 1 aliphatic heterocycles. The van der Waals surface area contributed by atoms with Crippen LogP contribution in [0, 0.1) is 0 Å². The van der Waals surface area contributed by atoms with E-state index in [1.54, 1.807) is 0 Å². The molecule has 0 fully saturated rings. The lowest BCUT2D eigenvalue weighted by atomic mass is 9.67. The molecule has 1 spiro atoms. The van der Waals surface area contributed by atoms with Crippen LogP contribution in [0.4, 0.5) is 0 Å². The van der Waals surface area contributed by atoms with Gasteiger partial charge in [-0.2, -0.15) is 0 Å². The van der Waals surface area contributed by atoms with Crippen LogP contribution in [0.3, 0.4) is 0 Å². The number of fused-ring (bicyclic) bond motifs is 14. The van der Waals surface area contributed by atoms with Gasteiger partial charge in [0, 0.05) is 37.8 Å². The molecule has 1 aliphatic carbocycles. The topological polar surface area (TPSA) is 30.7 Å². The summed E-state index contributed by atoms with van der Waals surface area (Å²) in [6.45, 7) is 0. The molecule has 0 unspecified atom stereocenters. The first-order chi connectivity index (χ1) is 27.3. The second-order valence-corrected chi connectivity index (χ2v) is 15.6. The lowest BCUT2D eigenvalue weighted by molar-refractivity contribution is 0.724. The zero-order valence-electron chi connectivity index (χ0n) is 29.6. The first kappa shape index (κ1) is 30.7. The Balaban J connectivity index is 1.23. The molecule has 0 amide bonds. The van der Waals surface area contributed by atoms with Crippen molar-refractivity contribution in [2.45, 2.75) is 15.2 Å². The summed E-state index contributed by atoms with van der Waals surface area (Å²) in [6.07, 6.45) is 0. The molecule has 8 aromatic carbocycles. The highest BCUT2D eigenvalue weighted by Crippen LogP contribution is 2.62. The van der Waals surface area contributed by atoms with Crippen LogP contribution < -0.4 is 0 Å². The molecule has 4 heteroatoms. The summed E-state index contributed by atoms with van der Waals surface area (Å²) < 4.78 is 2.38. The molecule has 0 N–H and O–H groups in total. The van der Waals surface area contributed by atoms with E-state index in [2.05, 4.69) is 187 Å². The van der Waals surface area contributed by atoms with Crippen molar-refractivity contribution >= 4 is 44.3 Å². The predicted molar refractivity (Wildman–Crippen MR) is 226 cm³/mol. The minimum Gasteiger partial charge on any atom is -0.294 e. The molecule has 2 aromatic heterocycles. The van der Waals surface area contributed by atoms with Crippen molar-refractivity contribution in [3.05, 3.63) is 210 Å². The van der Waals surface area contributed by atoms with Gasteiger partial charge < -0.3 is 0 Å². The average molecular weight is 718 g/mol. The summed E-state index contributed by atoms with van der Waals surface area (Å²) in [5.41, 5.74) is 12.7. The van der Waals surface area contributed by atoms with Crippen LogP contribution in [-0.2, 0) is 5.41 Å². The van der Waals surface area contributed by atoms with Crippen molar-refractivity contribution in [3.8, 4) is 39.6 Å². The Morgan fingerprint density at radius 2 is 1.07 bits per heavy atom. The second kappa shape index (κ2) is 11.6. The number of aromatic nitrogens is 3. The lowest BCUT2D eigenvalue weighted by Crippen LogP contribution is -2.32. The maximum atomic E-state index is 5.38. The molecular formula is C51H31N3S. The quantitative estimate of drug-likeness (QED) is 0.182. The normalized spacial score (nSPS) is 13.5. The summed E-state index contributed by atoms with van der Waals surface area (Å²) in [5.74, 6) is 1.54. The summed E-state index contributed by atoms with van der Waals surface area (Å²) >= 11 is 1.88. The van der Waals surface area contributed by atoms with E-state index < -0.39 is 5.41 Å². The third-order valence-corrected chi connectivity index (χ3v) is 12.8. The van der Waals surface area contributed by atoms with Gasteiger partial charge >= 0.3 is 0 Å². The molecular weight excluding hydrogens is 687 g/mol.